The number of piperidine rings is 2. The molecule has 242 valence electrons. The zero-order valence-electron chi connectivity index (χ0n) is 25.8. The summed E-state index contributed by atoms with van der Waals surface area (Å²) in [4.78, 5) is 36.9. The number of likely N-dealkylation sites (tertiary alicyclic amines) is 1. The topological polar surface area (TPSA) is 72.0 Å². The number of hydrogen-bond donors (Lipinski definition) is 2. The first-order valence-corrected chi connectivity index (χ1v) is 16.7. The molecule has 3 aromatic rings. The summed E-state index contributed by atoms with van der Waals surface area (Å²) in [6, 6.07) is 19.2. The van der Waals surface area contributed by atoms with Crippen LogP contribution in [0.2, 0.25) is 0 Å². The Morgan fingerprint density at radius 3 is 2.48 bits per heavy atom. The van der Waals surface area contributed by atoms with Gasteiger partial charge in [-0.15, -0.1) is 0 Å². The van der Waals surface area contributed by atoms with Crippen molar-refractivity contribution in [1.29, 1.82) is 0 Å². The van der Waals surface area contributed by atoms with Gasteiger partial charge in [0.25, 0.3) is 5.92 Å². The number of nitrogens with zero attached hydrogens (tertiary/aromatic N) is 5. The first-order valence-electron chi connectivity index (χ1n) is 16.2. The second-order valence-electron chi connectivity index (χ2n) is 13.0. The summed E-state index contributed by atoms with van der Waals surface area (Å²) in [5.74, 6) is -3.33. The average molecular weight is 647 g/mol. The van der Waals surface area contributed by atoms with Crippen molar-refractivity contribution in [2.45, 2.75) is 62.3 Å². The van der Waals surface area contributed by atoms with E-state index in [9.17, 15) is 9.59 Å². The van der Waals surface area contributed by atoms with Gasteiger partial charge in [-0.2, -0.15) is 12.6 Å². The Kier molecular flexibility index (Phi) is 8.95. The molecule has 3 saturated heterocycles. The third-order valence-electron chi connectivity index (χ3n) is 10.0. The fourth-order valence-electron chi connectivity index (χ4n) is 7.60. The molecule has 4 aliphatic rings. The fraction of sp³-hybridized carbons (Fsp3) is 0.457. The normalized spacial score (nSPS) is 26.2. The van der Waals surface area contributed by atoms with E-state index in [1.54, 1.807) is 0 Å². The van der Waals surface area contributed by atoms with Crippen molar-refractivity contribution < 1.29 is 18.4 Å². The summed E-state index contributed by atoms with van der Waals surface area (Å²) in [7, 11) is 0. The number of nitrogens with one attached hydrogen (secondary N) is 1. The van der Waals surface area contributed by atoms with Gasteiger partial charge in [-0.05, 0) is 41.2 Å². The predicted molar refractivity (Wildman–Crippen MR) is 175 cm³/mol. The molecule has 2 amide bonds. The number of rotatable bonds is 7. The number of carbonyl (C=O) groups excluding carboxylic acids is 2. The van der Waals surface area contributed by atoms with Crippen molar-refractivity contribution in [2.75, 3.05) is 39.3 Å². The number of hydrogen-bond acceptors (Lipinski definition) is 8. The van der Waals surface area contributed by atoms with Crippen LogP contribution in [0.4, 0.5) is 8.78 Å². The maximum atomic E-state index is 15.7. The average Bonchev–Trinajstić information content (AvgIpc) is 3.37. The lowest BCUT2D eigenvalue weighted by atomic mass is 9.97. The smallest absolute Gasteiger partial charge is 0.275 e. The van der Waals surface area contributed by atoms with Gasteiger partial charge in [0.05, 0.1) is 29.7 Å². The van der Waals surface area contributed by atoms with E-state index in [1.807, 2.05) is 63.4 Å². The minimum absolute atomic E-state index is 0.239. The molecule has 0 saturated carbocycles. The van der Waals surface area contributed by atoms with Gasteiger partial charge >= 0.3 is 0 Å². The maximum absolute atomic E-state index is 15.7. The number of thiol groups is 1. The van der Waals surface area contributed by atoms with E-state index in [0.29, 0.717) is 58.5 Å². The van der Waals surface area contributed by atoms with Gasteiger partial charge in [-0.1, -0.05) is 54.6 Å². The van der Waals surface area contributed by atoms with Gasteiger partial charge in [0.2, 0.25) is 11.8 Å². The number of carbonyl (C=O) groups is 2. The van der Waals surface area contributed by atoms with Gasteiger partial charge in [-0.3, -0.25) is 39.5 Å². The Bertz CT molecular complexity index is 1580. The van der Waals surface area contributed by atoms with Gasteiger partial charge < -0.3 is 0 Å². The van der Waals surface area contributed by atoms with E-state index < -0.39 is 18.0 Å². The van der Waals surface area contributed by atoms with Crippen LogP contribution < -0.4 is 5.32 Å². The van der Waals surface area contributed by atoms with Crippen LogP contribution in [-0.2, 0) is 29.2 Å². The Hall–Kier alpha value is -3.22. The highest BCUT2D eigenvalue weighted by molar-refractivity contribution is 7.80. The van der Waals surface area contributed by atoms with Crippen LogP contribution >= 0.6 is 12.6 Å². The van der Waals surface area contributed by atoms with Crippen LogP contribution in [0.1, 0.15) is 47.0 Å². The van der Waals surface area contributed by atoms with Crippen LogP contribution in [0.3, 0.4) is 0 Å². The zero-order chi connectivity index (χ0) is 31.8. The second kappa shape index (κ2) is 13.1. The number of fused-ring (bicyclic) bond motifs is 1. The molecule has 1 N–H and O–H groups in total. The fourth-order valence-corrected chi connectivity index (χ4v) is 8.08. The van der Waals surface area contributed by atoms with E-state index >= 15 is 8.78 Å². The van der Waals surface area contributed by atoms with E-state index in [0.717, 1.165) is 46.6 Å². The van der Waals surface area contributed by atoms with Crippen molar-refractivity contribution in [2.24, 2.45) is 0 Å². The lowest BCUT2D eigenvalue weighted by molar-refractivity contribution is -0.137. The van der Waals surface area contributed by atoms with Gasteiger partial charge in [0, 0.05) is 70.5 Å². The molecular formula is C35H40F2N6O2S. The number of aromatic nitrogens is 1. The molecule has 0 bridgehead atoms. The molecule has 3 atom stereocenters. The van der Waals surface area contributed by atoms with E-state index in [2.05, 4.69) is 33.4 Å². The molecule has 46 heavy (non-hydrogen) atoms. The number of imide groups is 1. The summed E-state index contributed by atoms with van der Waals surface area (Å²) in [6.07, 6.45) is 3.04. The van der Waals surface area contributed by atoms with Crippen molar-refractivity contribution in [3.05, 3.63) is 89.2 Å². The van der Waals surface area contributed by atoms with Crippen molar-refractivity contribution >= 4 is 24.4 Å². The van der Waals surface area contributed by atoms with Crippen LogP contribution in [0, 0.1) is 0 Å². The third-order valence-corrected chi connectivity index (χ3v) is 10.6. The van der Waals surface area contributed by atoms with Crippen molar-refractivity contribution in [3.63, 3.8) is 0 Å². The minimum Gasteiger partial charge on any atom is -0.295 e. The van der Waals surface area contributed by atoms with Crippen LogP contribution in [0.25, 0.3) is 11.1 Å². The molecule has 3 fully saturated rings. The SMILES string of the molecule is O=C1CCC(N2Cc3ccc(CN4CCC(N5CCN(Cc6ncccc6-c6ccccc6)CC5)C(F)(F)C4)cc3C2S)C(=O)N1. The van der Waals surface area contributed by atoms with Crippen LogP contribution in [0.15, 0.2) is 66.9 Å². The monoisotopic (exact) mass is 646 g/mol. The number of alkyl halides is 2. The highest BCUT2D eigenvalue weighted by Gasteiger charge is 2.48. The van der Waals surface area contributed by atoms with Gasteiger partial charge in [0.1, 0.15) is 0 Å². The standard InChI is InChI=1S/C35H40F2N6O2S/c36-35(37)23-41(20-24-8-9-26-21-43(34(46)28(26)19-24)30-10-11-32(44)39-33(30)45)14-12-31(35)42-17-15-40(16-18-42)22-29-27(7-4-13-38-29)25-5-2-1-3-6-25/h1-9,13,19,30-31,34,46H,10-12,14-18,20-23H2,(H,39,44,45). The number of halogens is 2. The number of amides is 2. The molecule has 1 aromatic heterocycles. The Labute approximate surface area is 274 Å². The minimum atomic E-state index is -2.81. The summed E-state index contributed by atoms with van der Waals surface area (Å²) in [6.45, 7) is 4.76. The van der Waals surface area contributed by atoms with Gasteiger partial charge in [-0.25, -0.2) is 8.78 Å². The van der Waals surface area contributed by atoms with E-state index in [4.69, 9.17) is 12.6 Å². The van der Waals surface area contributed by atoms with Crippen molar-refractivity contribution in [3.8, 4) is 11.1 Å². The lowest BCUT2D eigenvalue weighted by Crippen LogP contribution is -2.61. The first-order chi connectivity index (χ1) is 22.2. The van der Waals surface area contributed by atoms with Crippen LogP contribution in [0.5, 0.6) is 0 Å². The third kappa shape index (κ3) is 6.48. The molecule has 0 radical (unpaired) electrons. The summed E-state index contributed by atoms with van der Waals surface area (Å²) in [5.41, 5.74) is 6.32. The largest absolute Gasteiger partial charge is 0.295 e. The molecule has 4 aliphatic heterocycles. The number of piperazine rings is 1. The quantitative estimate of drug-likeness (QED) is 0.293. The van der Waals surface area contributed by atoms with Gasteiger partial charge in [0.15, 0.2) is 0 Å². The molecule has 0 aliphatic carbocycles. The highest BCUT2D eigenvalue weighted by atomic mass is 32.1. The second-order valence-corrected chi connectivity index (χ2v) is 13.5. The Morgan fingerprint density at radius 2 is 1.72 bits per heavy atom. The molecule has 0 spiro atoms. The molecule has 5 heterocycles. The molecule has 7 rings (SSSR count). The summed E-state index contributed by atoms with van der Waals surface area (Å²) >= 11 is 4.82. The van der Waals surface area contributed by atoms with E-state index in [-0.39, 0.29) is 23.7 Å². The zero-order valence-corrected chi connectivity index (χ0v) is 26.7. The Morgan fingerprint density at radius 1 is 0.913 bits per heavy atom. The predicted octanol–water partition coefficient (Wildman–Crippen LogP) is 4.33. The molecule has 3 unspecified atom stereocenters. The number of benzene rings is 2. The van der Waals surface area contributed by atoms with E-state index in [1.165, 1.54) is 0 Å². The highest BCUT2D eigenvalue weighted by Crippen LogP contribution is 2.40. The summed E-state index contributed by atoms with van der Waals surface area (Å²) in [5, 5.41) is 2.15. The number of pyridine rings is 1. The molecule has 11 heteroatoms. The van der Waals surface area contributed by atoms with Crippen LogP contribution in [-0.4, -0.2) is 93.7 Å². The first kappa shape index (κ1) is 31.4. The molecule has 8 nitrogen and oxygen atoms in total. The lowest BCUT2D eigenvalue weighted by Gasteiger charge is -2.46. The molecular weight excluding hydrogens is 606 g/mol. The molecule has 2 aromatic carbocycles. The van der Waals surface area contributed by atoms with Crippen molar-refractivity contribution in [1.82, 2.24) is 29.9 Å². The summed E-state index contributed by atoms with van der Waals surface area (Å²) < 4.78 is 31.4. The Balaban J connectivity index is 0.932. The maximum Gasteiger partial charge on any atom is 0.275 e.